The summed E-state index contributed by atoms with van der Waals surface area (Å²) in [5.41, 5.74) is 3.05. The third kappa shape index (κ3) is 4.90. The number of hydrogen-bond donors (Lipinski definition) is 2. The number of hydrogen-bond acceptors (Lipinski definition) is 8. The van der Waals surface area contributed by atoms with Crippen molar-refractivity contribution in [2.75, 3.05) is 38.9 Å². The highest BCUT2D eigenvalue weighted by molar-refractivity contribution is 6.06. The van der Waals surface area contributed by atoms with Gasteiger partial charge in [0, 0.05) is 63.0 Å². The van der Waals surface area contributed by atoms with Crippen LogP contribution in [0.15, 0.2) is 36.5 Å². The van der Waals surface area contributed by atoms with Gasteiger partial charge in [0.1, 0.15) is 11.4 Å². The van der Waals surface area contributed by atoms with Crippen molar-refractivity contribution in [2.24, 2.45) is 7.05 Å². The molecule has 2 aromatic heterocycles. The number of carbonyl (C=O) groups is 2. The van der Waals surface area contributed by atoms with Crippen LogP contribution in [0.25, 0.3) is 33.2 Å². The van der Waals surface area contributed by atoms with Crippen molar-refractivity contribution in [3.05, 3.63) is 42.2 Å². The maximum atomic E-state index is 13.0. The molecule has 4 aromatic rings. The lowest BCUT2D eigenvalue weighted by molar-refractivity contribution is 0.0516. The van der Waals surface area contributed by atoms with E-state index in [4.69, 9.17) is 19.4 Å². The zero-order valence-corrected chi connectivity index (χ0v) is 22.5. The van der Waals surface area contributed by atoms with E-state index in [2.05, 4.69) is 15.3 Å². The Kier molecular flexibility index (Phi) is 6.96. The third-order valence-electron chi connectivity index (χ3n) is 6.92. The first kappa shape index (κ1) is 26.2. The van der Waals surface area contributed by atoms with Gasteiger partial charge in [-0.3, -0.25) is 14.4 Å². The zero-order valence-electron chi connectivity index (χ0n) is 22.5. The molecular weight excluding hydrogens is 502 g/mol. The first-order valence-corrected chi connectivity index (χ1v) is 12.6. The van der Waals surface area contributed by atoms with Crippen LogP contribution >= 0.6 is 0 Å². The number of benzene rings is 2. The average Bonchev–Trinajstić information content (AvgIpc) is 3.28. The van der Waals surface area contributed by atoms with Crippen molar-refractivity contribution in [1.29, 1.82) is 0 Å². The van der Waals surface area contributed by atoms with Gasteiger partial charge < -0.3 is 24.8 Å². The van der Waals surface area contributed by atoms with Crippen LogP contribution in [0.4, 0.5) is 10.5 Å². The molecule has 0 saturated carbocycles. The summed E-state index contributed by atoms with van der Waals surface area (Å²) in [5.74, 6) is 0.476. The van der Waals surface area contributed by atoms with Gasteiger partial charge in [-0.1, -0.05) is 0 Å². The second kappa shape index (κ2) is 10.4. The number of amides is 2. The first-order chi connectivity index (χ1) is 18.7. The fourth-order valence-electron chi connectivity index (χ4n) is 5.23. The summed E-state index contributed by atoms with van der Waals surface area (Å²) in [6.07, 6.45) is 0.965. The van der Waals surface area contributed by atoms with Crippen LogP contribution in [0.1, 0.15) is 24.3 Å². The molecule has 0 unspecified atom stereocenters. The minimum atomic E-state index is -0.922. The van der Waals surface area contributed by atoms with E-state index in [1.54, 1.807) is 17.8 Å². The van der Waals surface area contributed by atoms with Gasteiger partial charge >= 0.3 is 6.09 Å². The molecule has 2 atom stereocenters. The van der Waals surface area contributed by atoms with Crippen LogP contribution < -0.4 is 15.0 Å². The topological polar surface area (TPSA) is 135 Å². The summed E-state index contributed by atoms with van der Waals surface area (Å²) in [6.45, 7) is 4.87. The van der Waals surface area contributed by atoms with E-state index in [0.717, 1.165) is 16.6 Å². The molecule has 1 aliphatic rings. The number of aryl methyl sites for hydroxylation is 1. The molecule has 12 nitrogen and oxygen atoms in total. The Hall–Kier alpha value is -4.45. The molecule has 2 N–H and O–H groups in total. The number of ether oxygens (including phenoxy) is 2. The molecule has 5 rings (SSSR count). The second-order valence-electron chi connectivity index (χ2n) is 9.73. The van der Waals surface area contributed by atoms with Gasteiger partial charge in [0.05, 0.1) is 28.7 Å². The monoisotopic (exact) mass is 533 g/mol. The summed E-state index contributed by atoms with van der Waals surface area (Å²) >= 11 is 0. The van der Waals surface area contributed by atoms with E-state index in [9.17, 15) is 14.7 Å². The first-order valence-electron chi connectivity index (χ1n) is 12.6. The van der Waals surface area contributed by atoms with Crippen LogP contribution in [0.3, 0.4) is 0 Å². The summed E-state index contributed by atoms with van der Waals surface area (Å²) in [4.78, 5) is 37.8. The fourth-order valence-corrected chi connectivity index (χ4v) is 5.23. The largest absolute Gasteiger partial charge is 0.467 e. The highest BCUT2D eigenvalue weighted by Crippen LogP contribution is 2.34. The molecular formula is C27H31N7O5. The quantitative estimate of drug-likeness (QED) is 0.359. The number of nitrogens with one attached hydrogen (secondary N) is 1. The Morgan fingerprint density at radius 1 is 1.10 bits per heavy atom. The van der Waals surface area contributed by atoms with Crippen molar-refractivity contribution >= 4 is 39.5 Å². The minimum Gasteiger partial charge on any atom is -0.467 e. The molecule has 12 heteroatoms. The number of rotatable bonds is 6. The molecule has 39 heavy (non-hydrogen) atoms. The Morgan fingerprint density at radius 3 is 2.51 bits per heavy atom. The maximum absolute atomic E-state index is 13.0. The van der Waals surface area contributed by atoms with Crippen LogP contribution in [-0.4, -0.2) is 87.9 Å². The molecule has 2 amide bonds. The molecule has 0 radical (unpaired) electrons. The number of methoxy groups -OCH3 is 1. The summed E-state index contributed by atoms with van der Waals surface area (Å²) in [7, 11) is 4.94. The fraction of sp³-hybridized carbons (Fsp3) is 0.370. The second-order valence-corrected chi connectivity index (χ2v) is 9.73. The number of aromatic nitrogens is 4. The van der Waals surface area contributed by atoms with Gasteiger partial charge in [0.2, 0.25) is 0 Å². The van der Waals surface area contributed by atoms with Gasteiger partial charge in [-0.15, -0.1) is 0 Å². The van der Waals surface area contributed by atoms with Crippen molar-refractivity contribution in [2.45, 2.75) is 25.9 Å². The van der Waals surface area contributed by atoms with Crippen LogP contribution in [-0.2, 0) is 11.8 Å². The molecule has 0 spiro atoms. The SMILES string of the molecule is CNC(=O)c1nc(-c2cc3cn(C)nc3cc2OCOC)nc2ccc(N3C[C@H](C)N(C(=O)O)[C@@H](C)C3)cc12. The molecule has 204 valence electrons. The van der Waals surface area contributed by atoms with Crippen molar-refractivity contribution in [3.8, 4) is 17.1 Å². The number of nitrogens with zero attached hydrogens (tertiary/aromatic N) is 6. The van der Waals surface area contributed by atoms with E-state index in [1.807, 2.05) is 51.4 Å². The molecule has 1 aliphatic heterocycles. The number of anilines is 1. The highest BCUT2D eigenvalue weighted by atomic mass is 16.7. The van der Waals surface area contributed by atoms with Gasteiger partial charge in [0.15, 0.2) is 12.6 Å². The average molecular weight is 534 g/mol. The number of carboxylic acid groups (broad SMARTS) is 1. The Bertz CT molecular complexity index is 1560. The van der Waals surface area contributed by atoms with E-state index in [0.29, 0.717) is 41.1 Å². The predicted octanol–water partition coefficient (Wildman–Crippen LogP) is 3.10. The summed E-state index contributed by atoms with van der Waals surface area (Å²) in [6, 6.07) is 9.01. The number of fused-ring (bicyclic) bond motifs is 2. The van der Waals surface area contributed by atoms with Gasteiger partial charge in [-0.25, -0.2) is 14.8 Å². The van der Waals surface area contributed by atoms with Crippen LogP contribution in [0.2, 0.25) is 0 Å². The van der Waals surface area contributed by atoms with Crippen molar-refractivity contribution < 1.29 is 24.2 Å². The summed E-state index contributed by atoms with van der Waals surface area (Å²) < 4.78 is 12.7. The van der Waals surface area contributed by atoms with Crippen LogP contribution in [0, 0.1) is 0 Å². The predicted molar refractivity (Wildman–Crippen MR) is 146 cm³/mol. The van der Waals surface area contributed by atoms with Gasteiger partial charge in [0.25, 0.3) is 5.91 Å². The van der Waals surface area contributed by atoms with Crippen molar-refractivity contribution in [3.63, 3.8) is 0 Å². The molecule has 0 bridgehead atoms. The normalized spacial score (nSPS) is 17.6. The number of piperazine rings is 1. The number of carbonyl (C=O) groups excluding carboxylic acids is 1. The van der Waals surface area contributed by atoms with Crippen molar-refractivity contribution in [1.82, 2.24) is 30.0 Å². The van der Waals surface area contributed by atoms with Crippen LogP contribution in [0.5, 0.6) is 5.75 Å². The smallest absolute Gasteiger partial charge is 0.407 e. The van der Waals surface area contributed by atoms with Gasteiger partial charge in [-0.05, 0) is 38.1 Å². The minimum absolute atomic E-state index is 0.0244. The molecule has 3 heterocycles. The Labute approximate surface area is 225 Å². The third-order valence-corrected chi connectivity index (χ3v) is 6.92. The molecule has 2 aromatic carbocycles. The Morgan fingerprint density at radius 2 is 1.85 bits per heavy atom. The summed E-state index contributed by atoms with van der Waals surface area (Å²) in [5, 5.41) is 18.2. The lowest BCUT2D eigenvalue weighted by Gasteiger charge is -2.44. The lowest BCUT2D eigenvalue weighted by atomic mass is 10.1. The van der Waals surface area contributed by atoms with E-state index >= 15 is 0 Å². The Balaban J connectivity index is 1.61. The van der Waals surface area contributed by atoms with E-state index in [-0.39, 0.29) is 30.5 Å². The highest BCUT2D eigenvalue weighted by Gasteiger charge is 2.33. The molecule has 1 saturated heterocycles. The standard InChI is InChI=1S/C27H31N7O5/c1-15-11-33(12-16(2)34(15)27(36)37)18-6-7-21-19(9-18)24(26(35)28-3)30-25(29-21)20-8-17-13-32(4)31-22(17)10-23(20)39-14-38-5/h6-10,13,15-16H,11-12,14H2,1-5H3,(H,28,35)(H,36,37)/t15-,16-/m0/s1. The van der Waals surface area contributed by atoms with E-state index < -0.39 is 6.09 Å². The maximum Gasteiger partial charge on any atom is 0.407 e. The van der Waals surface area contributed by atoms with Gasteiger partial charge in [-0.2, -0.15) is 5.10 Å². The lowest BCUT2D eigenvalue weighted by Crippen LogP contribution is -2.58. The molecule has 0 aliphatic carbocycles. The molecule has 1 fully saturated rings. The van der Waals surface area contributed by atoms with E-state index in [1.165, 1.54) is 12.0 Å². The zero-order chi connectivity index (χ0) is 27.8.